The Morgan fingerprint density at radius 1 is 1.23 bits per heavy atom. The quantitative estimate of drug-likeness (QED) is 0.754. The van der Waals surface area contributed by atoms with E-state index in [9.17, 15) is 5.11 Å². The van der Waals surface area contributed by atoms with Gasteiger partial charge in [-0.1, -0.05) is 32.6 Å². The predicted octanol–water partition coefficient (Wildman–Crippen LogP) is 3.44. The summed E-state index contributed by atoms with van der Waals surface area (Å²) in [5, 5.41) is 11.1. The van der Waals surface area contributed by atoms with Gasteiger partial charge in [-0.2, -0.15) is 0 Å². The number of fused-ring (bicyclic) bond motifs is 8. The molecule has 0 radical (unpaired) electrons. The largest absolute Gasteiger partial charge is 0.368 e. The first-order chi connectivity index (χ1) is 10.4. The smallest absolute Gasteiger partial charge is 0.193 e. The van der Waals surface area contributed by atoms with Crippen LogP contribution in [0.4, 0.5) is 0 Å². The fourth-order valence-corrected chi connectivity index (χ4v) is 5.49. The molecule has 0 unspecified atom stereocenters. The summed E-state index contributed by atoms with van der Waals surface area (Å²) < 4.78 is 12.5. The maximum atomic E-state index is 11.1. The summed E-state index contributed by atoms with van der Waals surface area (Å²) in [5.74, 6) is 0.728. The van der Waals surface area contributed by atoms with E-state index in [0.717, 1.165) is 31.3 Å². The lowest BCUT2D eigenvalue weighted by Crippen LogP contribution is -2.50. The molecule has 3 nitrogen and oxygen atoms in total. The Balaban J connectivity index is 1.77. The molecule has 1 aliphatic carbocycles. The molecule has 1 N–H and O–H groups in total. The van der Waals surface area contributed by atoms with Crippen LogP contribution >= 0.6 is 0 Å². The van der Waals surface area contributed by atoms with E-state index in [1.165, 1.54) is 5.57 Å². The molecule has 4 rings (SSSR count). The van der Waals surface area contributed by atoms with Gasteiger partial charge in [-0.3, -0.25) is 0 Å². The van der Waals surface area contributed by atoms with Gasteiger partial charge in [0.25, 0.3) is 0 Å². The van der Waals surface area contributed by atoms with Gasteiger partial charge in [0.05, 0.1) is 12.2 Å². The number of ether oxygens (including phenoxy) is 2. The normalized spacial score (nSPS) is 50.9. The third kappa shape index (κ3) is 1.98. The molecule has 3 aliphatic heterocycles. The minimum Gasteiger partial charge on any atom is -0.368 e. The monoisotopic (exact) mass is 304 g/mol. The number of hydrogen-bond acceptors (Lipinski definition) is 3. The zero-order valence-electron chi connectivity index (χ0n) is 13.8. The molecule has 1 saturated carbocycles. The zero-order valence-corrected chi connectivity index (χ0v) is 13.8. The lowest BCUT2D eigenvalue weighted by molar-refractivity contribution is -0.264. The van der Waals surface area contributed by atoms with Gasteiger partial charge in [0.15, 0.2) is 5.79 Å². The van der Waals surface area contributed by atoms with Gasteiger partial charge in [0.1, 0.15) is 6.10 Å². The second kappa shape index (κ2) is 4.93. The van der Waals surface area contributed by atoms with Crippen LogP contribution in [0.2, 0.25) is 0 Å². The minimum atomic E-state index is -1.13. The molecule has 122 valence electrons. The average molecular weight is 304 g/mol. The summed E-state index contributed by atoms with van der Waals surface area (Å²) in [6.45, 7) is 13.1. The van der Waals surface area contributed by atoms with E-state index in [1.807, 2.05) is 0 Å². The summed E-state index contributed by atoms with van der Waals surface area (Å²) in [6.07, 6.45) is 4.56. The molecular weight excluding hydrogens is 276 g/mol. The van der Waals surface area contributed by atoms with Crippen molar-refractivity contribution >= 4 is 0 Å². The average Bonchev–Trinajstić information content (AvgIpc) is 3.03. The molecule has 0 aromatic rings. The van der Waals surface area contributed by atoms with Crippen LogP contribution in [-0.2, 0) is 9.47 Å². The topological polar surface area (TPSA) is 38.7 Å². The molecule has 4 bridgehead atoms. The predicted molar refractivity (Wildman–Crippen MR) is 85.2 cm³/mol. The van der Waals surface area contributed by atoms with Crippen LogP contribution in [0.5, 0.6) is 0 Å². The van der Waals surface area contributed by atoms with E-state index in [2.05, 4.69) is 27.0 Å². The SMILES string of the molecule is C=C1CC[C@H](C(C)C)[C@@H]2[C@H]1[C@H]1CC(=C)[C@@H]3CC[C@@](O)(O3)[C@@H]2O1. The van der Waals surface area contributed by atoms with Crippen LogP contribution in [0.3, 0.4) is 0 Å². The lowest BCUT2D eigenvalue weighted by atomic mass is 9.62. The maximum absolute atomic E-state index is 11.1. The molecule has 22 heavy (non-hydrogen) atoms. The maximum Gasteiger partial charge on any atom is 0.193 e. The van der Waals surface area contributed by atoms with E-state index in [0.29, 0.717) is 30.1 Å². The summed E-state index contributed by atoms with van der Waals surface area (Å²) >= 11 is 0. The van der Waals surface area contributed by atoms with Crippen molar-refractivity contribution in [2.45, 2.75) is 70.1 Å². The molecule has 0 aromatic heterocycles. The summed E-state index contributed by atoms with van der Waals surface area (Å²) in [6, 6.07) is 0. The number of rotatable bonds is 1. The van der Waals surface area contributed by atoms with Crippen molar-refractivity contribution in [3.05, 3.63) is 24.3 Å². The Kier molecular flexibility index (Phi) is 3.34. The molecule has 0 amide bonds. The van der Waals surface area contributed by atoms with Crippen molar-refractivity contribution in [2.24, 2.45) is 23.7 Å². The first-order valence-corrected chi connectivity index (χ1v) is 8.81. The van der Waals surface area contributed by atoms with Crippen LogP contribution in [0.1, 0.15) is 46.0 Å². The highest BCUT2D eigenvalue weighted by Crippen LogP contribution is 2.57. The van der Waals surface area contributed by atoms with Crippen LogP contribution < -0.4 is 0 Å². The summed E-state index contributed by atoms with van der Waals surface area (Å²) in [5.41, 5.74) is 2.39. The Hall–Kier alpha value is -0.640. The van der Waals surface area contributed by atoms with Crippen molar-refractivity contribution in [1.82, 2.24) is 0 Å². The Morgan fingerprint density at radius 3 is 2.73 bits per heavy atom. The van der Waals surface area contributed by atoms with E-state index in [-0.39, 0.29) is 18.3 Å². The molecule has 7 atom stereocenters. The fraction of sp³-hybridized carbons (Fsp3) is 0.789. The summed E-state index contributed by atoms with van der Waals surface area (Å²) in [4.78, 5) is 0. The van der Waals surface area contributed by atoms with Gasteiger partial charge >= 0.3 is 0 Å². The molecule has 3 heteroatoms. The van der Waals surface area contributed by atoms with Crippen LogP contribution in [0, 0.1) is 23.7 Å². The third-order valence-electron chi connectivity index (χ3n) is 6.58. The highest BCUT2D eigenvalue weighted by Gasteiger charge is 2.61. The van der Waals surface area contributed by atoms with Crippen molar-refractivity contribution < 1.29 is 14.6 Å². The first kappa shape index (κ1) is 14.9. The lowest BCUT2D eigenvalue weighted by Gasteiger charge is -2.42. The van der Waals surface area contributed by atoms with Gasteiger partial charge in [-0.25, -0.2) is 0 Å². The minimum absolute atomic E-state index is 0.00446. The molecule has 4 aliphatic rings. The summed E-state index contributed by atoms with van der Waals surface area (Å²) in [7, 11) is 0. The molecule has 3 saturated heterocycles. The Labute approximate surface area is 133 Å². The van der Waals surface area contributed by atoms with Crippen molar-refractivity contribution in [3.63, 3.8) is 0 Å². The van der Waals surface area contributed by atoms with Gasteiger partial charge in [0.2, 0.25) is 0 Å². The highest BCUT2D eigenvalue weighted by molar-refractivity contribution is 5.22. The standard InChI is InChI=1S/C19H28O3/c1-10(2)13-6-5-11(3)16-15-9-12(4)14-7-8-19(20,22-14)18(21-15)17(13)16/h10,13-18,20H,3-9H2,1-2H3/t13-,14+,15-,16-,17-,18-,19-/m1/s1. The van der Waals surface area contributed by atoms with Crippen LogP contribution in [0.15, 0.2) is 24.3 Å². The van der Waals surface area contributed by atoms with Crippen LogP contribution in [-0.4, -0.2) is 29.2 Å². The van der Waals surface area contributed by atoms with E-state index in [1.54, 1.807) is 0 Å². The van der Waals surface area contributed by atoms with Crippen molar-refractivity contribution in [1.29, 1.82) is 0 Å². The first-order valence-electron chi connectivity index (χ1n) is 8.81. The van der Waals surface area contributed by atoms with Gasteiger partial charge in [-0.15, -0.1) is 0 Å². The number of hydrogen-bond donors (Lipinski definition) is 1. The van der Waals surface area contributed by atoms with Crippen molar-refractivity contribution in [2.75, 3.05) is 0 Å². The second-order valence-electron chi connectivity index (χ2n) is 8.16. The number of aliphatic hydroxyl groups is 1. The third-order valence-corrected chi connectivity index (χ3v) is 6.58. The molecule has 3 heterocycles. The fourth-order valence-electron chi connectivity index (χ4n) is 5.49. The van der Waals surface area contributed by atoms with Crippen molar-refractivity contribution in [3.8, 4) is 0 Å². The molecule has 4 fully saturated rings. The Morgan fingerprint density at radius 2 is 2.00 bits per heavy atom. The second-order valence-corrected chi connectivity index (χ2v) is 8.16. The van der Waals surface area contributed by atoms with Gasteiger partial charge in [-0.05, 0) is 43.1 Å². The zero-order chi connectivity index (χ0) is 15.6. The molecular formula is C19H28O3. The molecule has 0 spiro atoms. The van der Waals surface area contributed by atoms with E-state index >= 15 is 0 Å². The molecule has 0 aromatic carbocycles. The van der Waals surface area contributed by atoms with Gasteiger partial charge < -0.3 is 14.6 Å². The van der Waals surface area contributed by atoms with Gasteiger partial charge in [0, 0.05) is 18.3 Å². The highest BCUT2D eigenvalue weighted by atomic mass is 16.7. The van der Waals surface area contributed by atoms with Crippen LogP contribution in [0.25, 0.3) is 0 Å². The van der Waals surface area contributed by atoms with E-state index in [4.69, 9.17) is 9.47 Å². The Bertz CT molecular complexity index is 511. The van der Waals surface area contributed by atoms with E-state index < -0.39 is 5.79 Å².